The second kappa shape index (κ2) is 4.31. The van der Waals surface area contributed by atoms with Gasteiger partial charge in [0, 0.05) is 18.3 Å². The van der Waals surface area contributed by atoms with Gasteiger partial charge in [0.1, 0.15) is 0 Å². The van der Waals surface area contributed by atoms with Crippen LogP contribution in [0, 0.1) is 7.14 Å². The van der Waals surface area contributed by atoms with Crippen molar-refractivity contribution in [3.63, 3.8) is 0 Å². The van der Waals surface area contributed by atoms with Gasteiger partial charge < -0.3 is 0 Å². The average Bonchev–Trinajstić information content (AvgIpc) is 2.09. The normalized spacial score (nSPS) is 9.50. The molecule has 0 saturated carbocycles. The number of carbonyl (C=O) groups excluding carboxylic acids is 2. The molecule has 0 unspecified atom stereocenters. The third-order valence-electron chi connectivity index (χ3n) is 1.38. The van der Waals surface area contributed by atoms with Crippen molar-refractivity contribution in [1.82, 2.24) is 0 Å². The molecular formula is C8H4I2O2. The number of hydrogen-bond acceptors (Lipinski definition) is 2. The minimum absolute atomic E-state index is 0.454. The van der Waals surface area contributed by atoms with E-state index in [1.807, 2.05) is 0 Å². The summed E-state index contributed by atoms with van der Waals surface area (Å²) < 4.78 is 1.97. The largest absolute Gasteiger partial charge is 0.298 e. The molecule has 0 aliphatic rings. The Balaban J connectivity index is 3.37. The summed E-state index contributed by atoms with van der Waals surface area (Å²) in [5.41, 5.74) is 0.907. The Labute approximate surface area is 97.0 Å². The molecule has 0 saturated heterocycles. The quantitative estimate of drug-likeness (QED) is 0.579. The van der Waals surface area contributed by atoms with Gasteiger partial charge in [-0.15, -0.1) is 0 Å². The van der Waals surface area contributed by atoms with E-state index in [-0.39, 0.29) is 0 Å². The maximum Gasteiger partial charge on any atom is 0.150 e. The van der Waals surface area contributed by atoms with E-state index in [0.29, 0.717) is 23.7 Å². The first-order valence-corrected chi connectivity index (χ1v) is 5.24. The number of carbonyl (C=O) groups is 2. The molecule has 62 valence electrons. The number of benzene rings is 1. The molecule has 0 radical (unpaired) electrons. The lowest BCUT2D eigenvalue weighted by Crippen LogP contribution is -1.93. The van der Waals surface area contributed by atoms with Gasteiger partial charge in [-0.25, -0.2) is 0 Å². The Morgan fingerprint density at radius 2 is 1.25 bits per heavy atom. The minimum atomic E-state index is 0.454. The van der Waals surface area contributed by atoms with E-state index >= 15 is 0 Å². The van der Waals surface area contributed by atoms with Gasteiger partial charge in [0.2, 0.25) is 0 Å². The Morgan fingerprint density at radius 3 is 1.50 bits per heavy atom. The molecule has 0 spiro atoms. The second-order valence-corrected chi connectivity index (χ2v) is 4.46. The van der Waals surface area contributed by atoms with Gasteiger partial charge in [-0.05, 0) is 57.3 Å². The zero-order valence-corrected chi connectivity index (χ0v) is 10.2. The Hall–Kier alpha value is 0.0200. The Bertz CT molecular complexity index is 301. The first-order chi connectivity index (χ1) is 5.69. The zero-order valence-electron chi connectivity index (χ0n) is 5.88. The van der Waals surface area contributed by atoms with E-state index < -0.39 is 0 Å². The molecule has 0 atom stereocenters. The van der Waals surface area contributed by atoms with E-state index in [4.69, 9.17) is 0 Å². The smallest absolute Gasteiger partial charge is 0.150 e. The molecule has 4 heteroatoms. The van der Waals surface area contributed by atoms with Crippen LogP contribution in [0.2, 0.25) is 0 Å². The van der Waals surface area contributed by atoms with Crippen LogP contribution in [0.5, 0.6) is 0 Å². The topological polar surface area (TPSA) is 34.1 Å². The standard InChI is InChI=1S/C8H4I2O2/c9-7-1-5(3-11)6(4-12)2-8(7)10/h1-4H. The van der Waals surface area contributed by atoms with Crippen molar-refractivity contribution in [1.29, 1.82) is 0 Å². The Kier molecular flexibility index (Phi) is 3.63. The van der Waals surface area contributed by atoms with Gasteiger partial charge in [-0.1, -0.05) is 0 Å². The molecule has 2 nitrogen and oxygen atoms in total. The highest BCUT2D eigenvalue weighted by molar-refractivity contribution is 14.1. The van der Waals surface area contributed by atoms with Crippen LogP contribution in [-0.2, 0) is 0 Å². The van der Waals surface area contributed by atoms with Crippen molar-refractivity contribution in [2.24, 2.45) is 0 Å². The SMILES string of the molecule is O=Cc1cc(I)c(I)cc1C=O. The van der Waals surface area contributed by atoms with Crippen LogP contribution in [0.25, 0.3) is 0 Å². The molecule has 0 aliphatic carbocycles. The monoisotopic (exact) mass is 386 g/mol. The van der Waals surface area contributed by atoms with Crippen LogP contribution in [-0.4, -0.2) is 12.6 Å². The van der Waals surface area contributed by atoms with E-state index in [2.05, 4.69) is 45.2 Å². The fourth-order valence-electron chi connectivity index (χ4n) is 0.782. The number of halogens is 2. The second-order valence-electron chi connectivity index (χ2n) is 2.13. The van der Waals surface area contributed by atoms with Crippen LogP contribution < -0.4 is 0 Å². The van der Waals surface area contributed by atoms with Crippen LogP contribution in [0.4, 0.5) is 0 Å². The summed E-state index contributed by atoms with van der Waals surface area (Å²) in [6, 6.07) is 3.41. The summed E-state index contributed by atoms with van der Waals surface area (Å²) in [6.07, 6.45) is 1.39. The van der Waals surface area contributed by atoms with Crippen LogP contribution in [0.3, 0.4) is 0 Å². The highest BCUT2D eigenvalue weighted by Gasteiger charge is 2.04. The zero-order chi connectivity index (χ0) is 9.14. The van der Waals surface area contributed by atoms with Gasteiger partial charge in [-0.3, -0.25) is 9.59 Å². The van der Waals surface area contributed by atoms with Crippen molar-refractivity contribution >= 4 is 57.8 Å². The van der Waals surface area contributed by atoms with Crippen molar-refractivity contribution < 1.29 is 9.59 Å². The molecule has 1 aromatic rings. The van der Waals surface area contributed by atoms with E-state index in [9.17, 15) is 9.59 Å². The van der Waals surface area contributed by atoms with Gasteiger partial charge in [0.25, 0.3) is 0 Å². The lowest BCUT2D eigenvalue weighted by molar-refractivity contribution is 0.109. The number of hydrogen-bond donors (Lipinski definition) is 0. The first-order valence-electron chi connectivity index (χ1n) is 3.08. The van der Waals surface area contributed by atoms with E-state index in [1.54, 1.807) is 12.1 Å². The molecule has 0 heterocycles. The summed E-state index contributed by atoms with van der Waals surface area (Å²) in [4.78, 5) is 21.0. The average molecular weight is 386 g/mol. The number of aldehydes is 2. The summed E-state index contributed by atoms with van der Waals surface area (Å²) in [5, 5.41) is 0. The van der Waals surface area contributed by atoms with E-state index in [0.717, 1.165) is 7.14 Å². The van der Waals surface area contributed by atoms with Gasteiger partial charge >= 0.3 is 0 Å². The van der Waals surface area contributed by atoms with Crippen LogP contribution in [0.15, 0.2) is 12.1 Å². The highest BCUT2D eigenvalue weighted by Crippen LogP contribution is 2.18. The third-order valence-corrected chi connectivity index (χ3v) is 4.20. The molecule has 0 aliphatic heterocycles. The summed E-state index contributed by atoms with van der Waals surface area (Å²) in [5.74, 6) is 0. The molecule has 0 aromatic heterocycles. The predicted molar refractivity (Wildman–Crippen MR) is 62.7 cm³/mol. The molecule has 0 fully saturated rings. The fraction of sp³-hybridized carbons (Fsp3) is 0. The molecule has 0 N–H and O–H groups in total. The van der Waals surface area contributed by atoms with Crippen molar-refractivity contribution in [3.05, 3.63) is 30.4 Å². The first kappa shape index (κ1) is 10.1. The molecule has 0 bridgehead atoms. The molecular weight excluding hydrogens is 382 g/mol. The van der Waals surface area contributed by atoms with Crippen LogP contribution in [0.1, 0.15) is 20.7 Å². The molecule has 1 aromatic carbocycles. The minimum Gasteiger partial charge on any atom is -0.298 e. The predicted octanol–water partition coefficient (Wildman–Crippen LogP) is 2.52. The molecule has 1 rings (SSSR count). The summed E-state index contributed by atoms with van der Waals surface area (Å²) in [7, 11) is 0. The Morgan fingerprint density at radius 1 is 0.917 bits per heavy atom. The highest BCUT2D eigenvalue weighted by atomic mass is 127. The fourth-order valence-corrected chi connectivity index (χ4v) is 1.76. The van der Waals surface area contributed by atoms with Crippen molar-refractivity contribution in [2.75, 3.05) is 0 Å². The summed E-state index contributed by atoms with van der Waals surface area (Å²) in [6.45, 7) is 0. The van der Waals surface area contributed by atoms with Gasteiger partial charge in [0.15, 0.2) is 12.6 Å². The van der Waals surface area contributed by atoms with E-state index in [1.165, 1.54) is 0 Å². The van der Waals surface area contributed by atoms with Gasteiger partial charge in [0.05, 0.1) is 0 Å². The lowest BCUT2D eigenvalue weighted by Gasteiger charge is -2.00. The lowest BCUT2D eigenvalue weighted by atomic mass is 10.1. The maximum absolute atomic E-state index is 10.5. The van der Waals surface area contributed by atoms with Crippen molar-refractivity contribution in [3.8, 4) is 0 Å². The maximum atomic E-state index is 10.5. The molecule has 12 heavy (non-hydrogen) atoms. The van der Waals surface area contributed by atoms with Crippen LogP contribution >= 0.6 is 45.2 Å². The molecule has 0 amide bonds. The summed E-state index contributed by atoms with van der Waals surface area (Å²) >= 11 is 4.25. The third kappa shape index (κ3) is 2.03. The van der Waals surface area contributed by atoms with Gasteiger partial charge in [-0.2, -0.15) is 0 Å². The number of rotatable bonds is 2. The van der Waals surface area contributed by atoms with Crippen molar-refractivity contribution in [2.45, 2.75) is 0 Å².